The van der Waals surface area contributed by atoms with E-state index in [4.69, 9.17) is 32.7 Å². The van der Waals surface area contributed by atoms with Gasteiger partial charge in [0, 0.05) is 75.1 Å². The Labute approximate surface area is 282 Å². The lowest BCUT2D eigenvalue weighted by atomic mass is 10.2. The summed E-state index contributed by atoms with van der Waals surface area (Å²) in [4.78, 5) is 39.1. The van der Waals surface area contributed by atoms with Gasteiger partial charge in [0.05, 0.1) is 33.6 Å². The molecule has 10 nitrogen and oxygen atoms in total. The zero-order chi connectivity index (χ0) is 33.1. The molecule has 12 heteroatoms. The van der Waals surface area contributed by atoms with Crippen LogP contribution in [0, 0.1) is 0 Å². The fourth-order valence-electron chi connectivity index (χ4n) is 5.40. The maximum Gasteiger partial charge on any atom is 0.270 e. The van der Waals surface area contributed by atoms with E-state index in [1.54, 1.807) is 24.3 Å². The van der Waals surface area contributed by atoms with Crippen LogP contribution in [0.1, 0.15) is 40.3 Å². The van der Waals surface area contributed by atoms with Gasteiger partial charge in [0.15, 0.2) is 0 Å². The number of amides is 2. The smallest absolute Gasteiger partial charge is 0.270 e. The number of carbonyl (C=O) groups excluding carboxylic acids is 2. The molecule has 5 aromatic rings. The van der Waals surface area contributed by atoms with Crippen LogP contribution in [0.5, 0.6) is 17.5 Å². The van der Waals surface area contributed by atoms with Crippen molar-refractivity contribution in [3.05, 3.63) is 106 Å². The summed E-state index contributed by atoms with van der Waals surface area (Å²) in [6.07, 6.45) is 3.45. The molecule has 0 aliphatic carbocycles. The standard InChI is InChI=1S/C35H34Cl2N6O4/c1-22(2)46-32-10-4-23(19-38-32)21-42-12-14-43(15-13-42)35(45)31-17-24-5-8-27(18-30(24)41(31)3)47-33-11-7-26(20-39-33)40-34(44)25-6-9-28(36)29(37)16-25/h4-11,16-20,22H,12-15,21H2,1-3H3,(H,40,44). The van der Waals surface area contributed by atoms with Crippen LogP contribution in [-0.4, -0.2) is 68.4 Å². The molecule has 4 heterocycles. The van der Waals surface area contributed by atoms with Crippen LogP contribution >= 0.6 is 23.2 Å². The lowest BCUT2D eigenvalue weighted by Crippen LogP contribution is -2.48. The molecule has 1 N–H and O–H groups in total. The quantitative estimate of drug-likeness (QED) is 0.179. The number of piperazine rings is 1. The number of halogens is 2. The molecule has 0 bridgehead atoms. The van der Waals surface area contributed by atoms with Gasteiger partial charge in [0.1, 0.15) is 11.4 Å². The zero-order valence-electron chi connectivity index (χ0n) is 26.2. The van der Waals surface area contributed by atoms with Gasteiger partial charge in [-0.15, -0.1) is 0 Å². The number of nitrogens with one attached hydrogen (secondary N) is 1. The van der Waals surface area contributed by atoms with E-state index in [1.807, 2.05) is 73.0 Å². The van der Waals surface area contributed by atoms with Gasteiger partial charge in [-0.1, -0.05) is 29.3 Å². The lowest BCUT2D eigenvalue weighted by molar-refractivity contribution is 0.0619. The molecule has 242 valence electrons. The van der Waals surface area contributed by atoms with Crippen molar-refractivity contribution in [1.29, 1.82) is 0 Å². The fraction of sp³-hybridized carbons (Fsp3) is 0.257. The van der Waals surface area contributed by atoms with Crippen LogP contribution in [0.3, 0.4) is 0 Å². The molecule has 2 amide bonds. The van der Waals surface area contributed by atoms with Gasteiger partial charge < -0.3 is 24.3 Å². The summed E-state index contributed by atoms with van der Waals surface area (Å²) in [5, 5.41) is 4.40. The number of aryl methyl sites for hydroxylation is 1. The van der Waals surface area contributed by atoms with Gasteiger partial charge in [0.25, 0.3) is 11.8 Å². The Morgan fingerprint density at radius 3 is 2.32 bits per heavy atom. The number of fused-ring (bicyclic) bond motifs is 1. The molecule has 0 spiro atoms. The first-order chi connectivity index (χ1) is 22.6. The van der Waals surface area contributed by atoms with Crippen LogP contribution in [0.25, 0.3) is 10.9 Å². The summed E-state index contributed by atoms with van der Waals surface area (Å²) in [5.41, 5.74) is 3.48. The number of aromatic nitrogens is 3. The number of rotatable bonds is 9. The molecule has 47 heavy (non-hydrogen) atoms. The zero-order valence-corrected chi connectivity index (χ0v) is 27.8. The van der Waals surface area contributed by atoms with Crippen LogP contribution in [0.15, 0.2) is 79.1 Å². The van der Waals surface area contributed by atoms with Crippen molar-refractivity contribution >= 4 is 51.6 Å². The van der Waals surface area contributed by atoms with E-state index in [9.17, 15) is 9.59 Å². The third kappa shape index (κ3) is 7.68. The van der Waals surface area contributed by atoms with Crippen molar-refractivity contribution in [2.24, 2.45) is 7.05 Å². The van der Waals surface area contributed by atoms with Gasteiger partial charge in [-0.3, -0.25) is 14.5 Å². The normalized spacial score (nSPS) is 13.6. The molecule has 2 aromatic carbocycles. The van der Waals surface area contributed by atoms with E-state index in [2.05, 4.69) is 20.2 Å². The maximum absolute atomic E-state index is 13.6. The highest BCUT2D eigenvalue weighted by Crippen LogP contribution is 2.28. The lowest BCUT2D eigenvalue weighted by Gasteiger charge is -2.34. The van der Waals surface area contributed by atoms with E-state index in [1.165, 1.54) is 12.3 Å². The van der Waals surface area contributed by atoms with Crippen molar-refractivity contribution in [2.45, 2.75) is 26.5 Å². The number of pyridine rings is 2. The van der Waals surface area contributed by atoms with Crippen molar-refractivity contribution in [3.63, 3.8) is 0 Å². The van der Waals surface area contributed by atoms with E-state index < -0.39 is 0 Å². The fourth-order valence-corrected chi connectivity index (χ4v) is 5.70. The van der Waals surface area contributed by atoms with Gasteiger partial charge >= 0.3 is 0 Å². The maximum atomic E-state index is 13.6. The summed E-state index contributed by atoms with van der Waals surface area (Å²) in [5.74, 6) is 1.23. The van der Waals surface area contributed by atoms with Crippen molar-refractivity contribution in [3.8, 4) is 17.5 Å². The van der Waals surface area contributed by atoms with E-state index >= 15 is 0 Å². The minimum atomic E-state index is -0.336. The van der Waals surface area contributed by atoms with Crippen LogP contribution < -0.4 is 14.8 Å². The van der Waals surface area contributed by atoms with Crippen molar-refractivity contribution in [1.82, 2.24) is 24.3 Å². The number of carbonyl (C=O) groups is 2. The average molecular weight is 674 g/mol. The van der Waals surface area contributed by atoms with Gasteiger partial charge in [-0.25, -0.2) is 9.97 Å². The summed E-state index contributed by atoms with van der Waals surface area (Å²) in [7, 11) is 1.89. The van der Waals surface area contributed by atoms with Gasteiger partial charge in [-0.05, 0) is 61.9 Å². The molecule has 0 radical (unpaired) electrons. The van der Waals surface area contributed by atoms with Gasteiger partial charge in [-0.2, -0.15) is 0 Å². The Hall–Kier alpha value is -4.64. The van der Waals surface area contributed by atoms with E-state index in [0.717, 1.165) is 36.1 Å². The Morgan fingerprint density at radius 2 is 1.64 bits per heavy atom. The molecule has 3 aromatic heterocycles. The van der Waals surface area contributed by atoms with E-state index in [0.29, 0.717) is 57.6 Å². The molecule has 1 aliphatic heterocycles. The highest BCUT2D eigenvalue weighted by Gasteiger charge is 2.25. The van der Waals surface area contributed by atoms with Crippen LogP contribution in [0.2, 0.25) is 10.0 Å². The van der Waals surface area contributed by atoms with Crippen molar-refractivity contribution in [2.75, 3.05) is 31.5 Å². The molecule has 1 aliphatic rings. The third-order valence-corrected chi connectivity index (χ3v) is 8.59. The number of benzene rings is 2. The minimum absolute atomic E-state index is 0.00264. The molecular weight excluding hydrogens is 639 g/mol. The average Bonchev–Trinajstić information content (AvgIpc) is 3.39. The molecule has 0 unspecified atom stereocenters. The molecule has 6 rings (SSSR count). The minimum Gasteiger partial charge on any atom is -0.475 e. The molecule has 0 saturated carbocycles. The number of ether oxygens (including phenoxy) is 2. The van der Waals surface area contributed by atoms with Gasteiger partial charge in [0.2, 0.25) is 11.8 Å². The van der Waals surface area contributed by atoms with E-state index in [-0.39, 0.29) is 17.9 Å². The van der Waals surface area contributed by atoms with Crippen LogP contribution in [0.4, 0.5) is 5.69 Å². The first-order valence-electron chi connectivity index (χ1n) is 15.3. The molecule has 1 saturated heterocycles. The second-order valence-corrected chi connectivity index (χ2v) is 12.4. The Balaban J connectivity index is 1.05. The topological polar surface area (TPSA) is 102 Å². The predicted molar refractivity (Wildman–Crippen MR) is 183 cm³/mol. The highest BCUT2D eigenvalue weighted by atomic mass is 35.5. The Bertz CT molecular complexity index is 1900. The predicted octanol–water partition coefficient (Wildman–Crippen LogP) is 7.06. The number of hydrogen-bond acceptors (Lipinski definition) is 7. The Morgan fingerprint density at radius 1 is 0.872 bits per heavy atom. The number of nitrogens with zero attached hydrogens (tertiary/aromatic N) is 5. The second kappa shape index (κ2) is 14.0. The number of hydrogen-bond donors (Lipinski definition) is 1. The molecular formula is C35H34Cl2N6O4. The highest BCUT2D eigenvalue weighted by molar-refractivity contribution is 6.42. The largest absolute Gasteiger partial charge is 0.475 e. The molecule has 0 atom stereocenters. The summed E-state index contributed by atoms with van der Waals surface area (Å²) >= 11 is 12.0. The first kappa shape index (κ1) is 32.3. The second-order valence-electron chi connectivity index (χ2n) is 11.6. The number of anilines is 1. The summed E-state index contributed by atoms with van der Waals surface area (Å²) in [6, 6.07) is 19.6. The SMILES string of the molecule is CC(C)Oc1ccc(CN2CCN(C(=O)c3cc4ccc(Oc5ccc(NC(=O)c6ccc(Cl)c(Cl)c6)cn5)cc4n3C)CC2)cn1. The monoisotopic (exact) mass is 672 g/mol. The summed E-state index contributed by atoms with van der Waals surface area (Å²) in [6.45, 7) is 7.59. The Kier molecular flexibility index (Phi) is 9.63. The summed E-state index contributed by atoms with van der Waals surface area (Å²) < 4.78 is 13.5. The van der Waals surface area contributed by atoms with Crippen molar-refractivity contribution < 1.29 is 19.1 Å². The van der Waals surface area contributed by atoms with Crippen LogP contribution in [-0.2, 0) is 13.6 Å². The molecule has 1 fully saturated rings. The first-order valence-corrected chi connectivity index (χ1v) is 16.0. The third-order valence-electron chi connectivity index (χ3n) is 7.85.